The van der Waals surface area contributed by atoms with E-state index in [1.807, 2.05) is 49.1 Å². The van der Waals surface area contributed by atoms with Crippen molar-refractivity contribution in [3.63, 3.8) is 0 Å². The normalized spacial score (nSPS) is 26.5. The first-order valence-corrected chi connectivity index (χ1v) is 6.74. The van der Waals surface area contributed by atoms with Crippen LogP contribution in [0.25, 0.3) is 0 Å². The molecule has 1 saturated carbocycles. The fraction of sp³-hybridized carbons (Fsp3) is 0.533. The highest BCUT2D eigenvalue weighted by atomic mass is 16.2. The molecule has 0 bridgehead atoms. The van der Waals surface area contributed by atoms with Crippen molar-refractivity contribution in [2.45, 2.75) is 38.1 Å². The van der Waals surface area contributed by atoms with Crippen LogP contribution in [0.3, 0.4) is 0 Å². The smallest absolute Gasteiger partial charge is 0.233 e. The Morgan fingerprint density at radius 3 is 2.28 bits per heavy atom. The summed E-state index contributed by atoms with van der Waals surface area (Å²) >= 11 is 0. The summed E-state index contributed by atoms with van der Waals surface area (Å²) < 4.78 is 0. The maximum Gasteiger partial charge on any atom is 0.233 e. The maximum absolute atomic E-state index is 12.7. The lowest BCUT2D eigenvalue weighted by Crippen LogP contribution is -2.58. The molecule has 2 rings (SSSR count). The van der Waals surface area contributed by atoms with Gasteiger partial charge in [0.25, 0.3) is 0 Å². The Kier molecular flexibility index (Phi) is 3.71. The fourth-order valence-electron chi connectivity index (χ4n) is 2.94. The summed E-state index contributed by atoms with van der Waals surface area (Å²) in [6.07, 6.45) is 1.54. The van der Waals surface area contributed by atoms with E-state index in [0.717, 1.165) is 31.5 Å². The second-order valence-corrected chi connectivity index (χ2v) is 5.09. The van der Waals surface area contributed by atoms with Crippen LogP contribution in [-0.4, -0.2) is 29.9 Å². The van der Waals surface area contributed by atoms with Crippen molar-refractivity contribution in [2.24, 2.45) is 5.73 Å². The van der Waals surface area contributed by atoms with Gasteiger partial charge < -0.3 is 10.6 Å². The molecule has 98 valence electrons. The monoisotopic (exact) mass is 246 g/mol. The zero-order valence-electron chi connectivity index (χ0n) is 11.2. The number of nitrogens with two attached hydrogens (primary N) is 1. The molecule has 1 aromatic rings. The van der Waals surface area contributed by atoms with E-state index >= 15 is 0 Å². The number of carbonyl (C=O) groups is 1. The van der Waals surface area contributed by atoms with Crippen LogP contribution in [0.2, 0.25) is 0 Å². The first-order chi connectivity index (χ1) is 8.64. The Bertz CT molecular complexity index is 406. The van der Waals surface area contributed by atoms with Crippen molar-refractivity contribution in [2.75, 3.05) is 13.1 Å². The molecular formula is C15H22N2O. The SMILES string of the molecule is CCN(CC)C(=O)C1(c2ccccc2)CC(N)C1. The zero-order valence-corrected chi connectivity index (χ0v) is 11.2. The molecule has 0 aliphatic heterocycles. The fourth-order valence-corrected chi connectivity index (χ4v) is 2.94. The van der Waals surface area contributed by atoms with Crippen molar-refractivity contribution >= 4 is 5.91 Å². The van der Waals surface area contributed by atoms with Crippen LogP contribution >= 0.6 is 0 Å². The number of hydrogen-bond donors (Lipinski definition) is 1. The summed E-state index contributed by atoms with van der Waals surface area (Å²) in [5.74, 6) is 0.236. The van der Waals surface area contributed by atoms with Gasteiger partial charge in [-0.25, -0.2) is 0 Å². The molecule has 1 aliphatic carbocycles. The van der Waals surface area contributed by atoms with Crippen LogP contribution in [0, 0.1) is 0 Å². The van der Waals surface area contributed by atoms with E-state index in [0.29, 0.717) is 0 Å². The molecule has 3 heteroatoms. The van der Waals surface area contributed by atoms with Crippen LogP contribution in [0.5, 0.6) is 0 Å². The van der Waals surface area contributed by atoms with E-state index in [-0.39, 0.29) is 17.4 Å². The van der Waals surface area contributed by atoms with Crippen LogP contribution in [0.4, 0.5) is 0 Å². The highest BCUT2D eigenvalue weighted by molar-refractivity contribution is 5.89. The molecule has 0 atom stereocenters. The lowest BCUT2D eigenvalue weighted by molar-refractivity contribution is -0.141. The summed E-state index contributed by atoms with van der Waals surface area (Å²) in [6, 6.07) is 10.2. The number of benzene rings is 1. The second kappa shape index (κ2) is 5.11. The third kappa shape index (κ3) is 2.03. The molecule has 0 saturated heterocycles. The Labute approximate surface area is 109 Å². The first kappa shape index (κ1) is 13.1. The molecule has 0 radical (unpaired) electrons. The van der Waals surface area contributed by atoms with Gasteiger partial charge in [0.2, 0.25) is 5.91 Å². The van der Waals surface area contributed by atoms with Crippen LogP contribution in [0.15, 0.2) is 30.3 Å². The summed E-state index contributed by atoms with van der Waals surface area (Å²) in [5.41, 5.74) is 6.69. The van der Waals surface area contributed by atoms with E-state index in [4.69, 9.17) is 5.73 Å². The molecular weight excluding hydrogens is 224 g/mol. The van der Waals surface area contributed by atoms with Crippen LogP contribution in [0.1, 0.15) is 32.3 Å². The third-order valence-corrected chi connectivity index (χ3v) is 4.01. The van der Waals surface area contributed by atoms with Crippen LogP contribution in [-0.2, 0) is 10.2 Å². The number of carbonyl (C=O) groups excluding carboxylic acids is 1. The molecule has 1 aromatic carbocycles. The van der Waals surface area contributed by atoms with Gasteiger partial charge in [-0.15, -0.1) is 0 Å². The molecule has 1 amide bonds. The zero-order chi connectivity index (χ0) is 13.2. The van der Waals surface area contributed by atoms with E-state index in [1.54, 1.807) is 0 Å². The molecule has 0 spiro atoms. The molecule has 1 aliphatic rings. The molecule has 1 fully saturated rings. The Morgan fingerprint density at radius 1 is 1.28 bits per heavy atom. The van der Waals surface area contributed by atoms with Crippen molar-refractivity contribution in [1.29, 1.82) is 0 Å². The number of rotatable bonds is 4. The Morgan fingerprint density at radius 2 is 1.83 bits per heavy atom. The quantitative estimate of drug-likeness (QED) is 0.882. The molecule has 0 unspecified atom stereocenters. The molecule has 18 heavy (non-hydrogen) atoms. The molecule has 3 nitrogen and oxygen atoms in total. The van der Waals surface area contributed by atoms with E-state index in [1.165, 1.54) is 0 Å². The van der Waals surface area contributed by atoms with Crippen molar-refractivity contribution in [1.82, 2.24) is 4.90 Å². The first-order valence-electron chi connectivity index (χ1n) is 6.74. The molecule has 2 N–H and O–H groups in total. The van der Waals surface area contributed by atoms with Crippen molar-refractivity contribution in [3.05, 3.63) is 35.9 Å². The third-order valence-electron chi connectivity index (χ3n) is 4.01. The topological polar surface area (TPSA) is 46.3 Å². The number of likely N-dealkylation sites (N-methyl/N-ethyl adjacent to an activating group) is 1. The lowest BCUT2D eigenvalue weighted by Gasteiger charge is -2.47. The Hall–Kier alpha value is -1.35. The van der Waals surface area contributed by atoms with Gasteiger partial charge in [0.1, 0.15) is 0 Å². The predicted octanol–water partition coefficient (Wildman–Crippen LogP) is 1.91. The van der Waals surface area contributed by atoms with Gasteiger partial charge in [-0.3, -0.25) is 4.79 Å². The number of hydrogen-bond acceptors (Lipinski definition) is 2. The summed E-state index contributed by atoms with van der Waals surface area (Å²) in [7, 11) is 0. The molecule has 0 aromatic heterocycles. The summed E-state index contributed by atoms with van der Waals surface area (Å²) in [5, 5.41) is 0. The Balaban J connectivity index is 2.31. The van der Waals surface area contributed by atoms with Gasteiger partial charge in [0, 0.05) is 19.1 Å². The van der Waals surface area contributed by atoms with Crippen molar-refractivity contribution < 1.29 is 4.79 Å². The minimum absolute atomic E-state index is 0.157. The van der Waals surface area contributed by atoms with Crippen molar-refractivity contribution in [3.8, 4) is 0 Å². The average molecular weight is 246 g/mol. The van der Waals surface area contributed by atoms with Gasteiger partial charge in [0.15, 0.2) is 0 Å². The minimum atomic E-state index is -0.368. The van der Waals surface area contributed by atoms with E-state index < -0.39 is 0 Å². The van der Waals surface area contributed by atoms with Gasteiger partial charge in [-0.1, -0.05) is 30.3 Å². The summed E-state index contributed by atoms with van der Waals surface area (Å²) in [6.45, 7) is 5.58. The van der Waals surface area contributed by atoms with E-state index in [9.17, 15) is 4.79 Å². The average Bonchev–Trinajstić information content (AvgIpc) is 2.37. The second-order valence-electron chi connectivity index (χ2n) is 5.09. The lowest BCUT2D eigenvalue weighted by atomic mass is 9.61. The van der Waals surface area contributed by atoms with Gasteiger partial charge in [-0.05, 0) is 32.3 Å². The van der Waals surface area contributed by atoms with Gasteiger partial charge in [-0.2, -0.15) is 0 Å². The van der Waals surface area contributed by atoms with Crippen LogP contribution < -0.4 is 5.73 Å². The highest BCUT2D eigenvalue weighted by Gasteiger charge is 2.51. The number of amides is 1. The predicted molar refractivity (Wildman–Crippen MR) is 73.3 cm³/mol. The largest absolute Gasteiger partial charge is 0.342 e. The van der Waals surface area contributed by atoms with Gasteiger partial charge >= 0.3 is 0 Å². The minimum Gasteiger partial charge on any atom is -0.342 e. The van der Waals surface area contributed by atoms with Gasteiger partial charge in [0.05, 0.1) is 5.41 Å². The summed E-state index contributed by atoms with van der Waals surface area (Å²) in [4.78, 5) is 14.6. The highest BCUT2D eigenvalue weighted by Crippen LogP contribution is 2.44. The van der Waals surface area contributed by atoms with E-state index in [2.05, 4.69) is 0 Å². The maximum atomic E-state index is 12.7. The standard InChI is InChI=1S/C15H22N2O/c1-3-17(4-2)14(18)15(10-13(16)11-15)12-8-6-5-7-9-12/h5-9,13H,3-4,10-11,16H2,1-2H3. The number of nitrogens with zero attached hydrogens (tertiary/aromatic N) is 1. The molecule has 0 heterocycles.